The molecule has 0 saturated heterocycles. The van der Waals surface area contributed by atoms with E-state index in [9.17, 15) is 17.6 Å². The van der Waals surface area contributed by atoms with Gasteiger partial charge in [0.2, 0.25) is 0 Å². The molecule has 6 heteroatoms. The quantitative estimate of drug-likeness (QED) is 0.652. The molecule has 0 amide bonds. The van der Waals surface area contributed by atoms with Gasteiger partial charge < -0.3 is 10.2 Å². The number of aliphatic hydroxyl groups is 2. The predicted octanol–water partition coefficient (Wildman–Crippen LogP) is 1.02. The second-order valence-electron chi connectivity index (χ2n) is 2.41. The van der Waals surface area contributed by atoms with Crippen LogP contribution in [0.15, 0.2) is 0 Å². The van der Waals surface area contributed by atoms with Crippen LogP contribution in [0.1, 0.15) is 13.3 Å². The van der Waals surface area contributed by atoms with E-state index in [4.69, 9.17) is 10.2 Å². The molecule has 0 rings (SSSR count). The summed E-state index contributed by atoms with van der Waals surface area (Å²) in [5.74, 6) is 0. The minimum atomic E-state index is -5.02. The molecule has 3 unspecified atom stereocenters. The Morgan fingerprint density at radius 1 is 1.25 bits per heavy atom. The highest BCUT2D eigenvalue weighted by molar-refractivity contribution is 4.79. The molecule has 0 aromatic carbocycles. The average Bonchev–Trinajstić information content (AvgIpc) is 1.98. The van der Waals surface area contributed by atoms with Crippen LogP contribution in [0, 0.1) is 0 Å². The van der Waals surface area contributed by atoms with Gasteiger partial charge in [0.15, 0.2) is 12.3 Å². The summed E-state index contributed by atoms with van der Waals surface area (Å²) in [7, 11) is 0. The van der Waals surface area contributed by atoms with Gasteiger partial charge in [0.25, 0.3) is 0 Å². The van der Waals surface area contributed by atoms with E-state index in [1.54, 1.807) is 0 Å². The highest BCUT2D eigenvalue weighted by Gasteiger charge is 2.46. The van der Waals surface area contributed by atoms with Gasteiger partial charge in [-0.2, -0.15) is 13.2 Å². The molecule has 2 nitrogen and oxygen atoms in total. The topological polar surface area (TPSA) is 40.5 Å². The molecule has 2 N–H and O–H groups in total. The summed E-state index contributed by atoms with van der Waals surface area (Å²) in [4.78, 5) is 0. The van der Waals surface area contributed by atoms with E-state index in [0.29, 0.717) is 0 Å². The van der Waals surface area contributed by atoms with Gasteiger partial charge in [-0.1, -0.05) is 6.92 Å². The lowest BCUT2D eigenvalue weighted by Crippen LogP contribution is -2.43. The Labute approximate surface area is 66.8 Å². The van der Waals surface area contributed by atoms with Crippen LogP contribution in [0.25, 0.3) is 0 Å². The first-order chi connectivity index (χ1) is 5.30. The number of hydrogen-bond acceptors (Lipinski definition) is 2. The Hall–Kier alpha value is -0.360. The van der Waals surface area contributed by atoms with Gasteiger partial charge in [0, 0.05) is 0 Å². The lowest BCUT2D eigenvalue weighted by Gasteiger charge is -2.21. The zero-order valence-electron chi connectivity index (χ0n) is 6.35. The molecule has 0 aromatic rings. The van der Waals surface area contributed by atoms with Crippen molar-refractivity contribution in [1.82, 2.24) is 0 Å². The molecule has 0 saturated carbocycles. The van der Waals surface area contributed by atoms with Crippen molar-refractivity contribution in [2.75, 3.05) is 0 Å². The minimum Gasteiger partial charge on any atom is -0.390 e. The van der Waals surface area contributed by atoms with Gasteiger partial charge >= 0.3 is 6.18 Å². The van der Waals surface area contributed by atoms with Gasteiger partial charge in [0.1, 0.15) is 0 Å². The van der Waals surface area contributed by atoms with E-state index in [2.05, 4.69) is 0 Å². The van der Waals surface area contributed by atoms with Crippen LogP contribution in [0.4, 0.5) is 17.6 Å². The lowest BCUT2D eigenvalue weighted by atomic mass is 10.1. The van der Waals surface area contributed by atoms with Crippen molar-refractivity contribution >= 4 is 0 Å². The van der Waals surface area contributed by atoms with Gasteiger partial charge in [0.05, 0.1) is 6.10 Å². The molecule has 74 valence electrons. The fourth-order valence-corrected chi connectivity index (χ4v) is 0.616. The van der Waals surface area contributed by atoms with Crippen LogP contribution in [0.5, 0.6) is 0 Å². The van der Waals surface area contributed by atoms with Crippen molar-refractivity contribution in [3.05, 3.63) is 0 Å². The molecule has 0 aromatic heterocycles. The van der Waals surface area contributed by atoms with Crippen molar-refractivity contribution < 1.29 is 27.8 Å². The van der Waals surface area contributed by atoms with Crippen LogP contribution >= 0.6 is 0 Å². The predicted molar refractivity (Wildman–Crippen MR) is 33.3 cm³/mol. The van der Waals surface area contributed by atoms with E-state index >= 15 is 0 Å². The molecule has 0 bridgehead atoms. The second kappa shape index (κ2) is 4.04. The monoisotopic (exact) mass is 190 g/mol. The van der Waals surface area contributed by atoms with Crippen LogP contribution in [0.2, 0.25) is 0 Å². The van der Waals surface area contributed by atoms with Crippen molar-refractivity contribution in [3.8, 4) is 0 Å². The zero-order chi connectivity index (χ0) is 9.94. The SMILES string of the molecule is CCC(O)C(F)C(O)C(F)(F)F. The van der Waals surface area contributed by atoms with Crippen LogP contribution in [0.3, 0.4) is 0 Å². The first-order valence-corrected chi connectivity index (χ1v) is 3.37. The highest BCUT2D eigenvalue weighted by atomic mass is 19.4. The van der Waals surface area contributed by atoms with Gasteiger partial charge in [-0.25, -0.2) is 4.39 Å². The largest absolute Gasteiger partial charge is 0.417 e. The summed E-state index contributed by atoms with van der Waals surface area (Å²) in [6.45, 7) is 1.32. The molecule has 12 heavy (non-hydrogen) atoms. The molecule has 0 aliphatic heterocycles. The Balaban J connectivity index is 4.19. The molecule has 0 aliphatic rings. The van der Waals surface area contributed by atoms with Crippen LogP contribution < -0.4 is 0 Å². The second-order valence-corrected chi connectivity index (χ2v) is 2.41. The maximum Gasteiger partial charge on any atom is 0.417 e. The molecule has 0 fully saturated rings. The van der Waals surface area contributed by atoms with Crippen molar-refractivity contribution in [2.24, 2.45) is 0 Å². The molecule has 0 aliphatic carbocycles. The Bertz CT molecular complexity index is 136. The van der Waals surface area contributed by atoms with Gasteiger partial charge in [-0.3, -0.25) is 0 Å². The standard InChI is InChI=1S/C6H10F4O2/c1-2-3(11)4(7)5(12)6(8,9)10/h3-5,11-12H,2H2,1H3. The number of halogens is 4. The normalized spacial score (nSPS) is 20.2. The number of rotatable bonds is 3. The Kier molecular flexibility index (Phi) is 3.92. The van der Waals surface area contributed by atoms with E-state index < -0.39 is 24.6 Å². The van der Waals surface area contributed by atoms with Crippen LogP contribution in [-0.4, -0.2) is 34.8 Å². The molecule has 0 spiro atoms. The smallest absolute Gasteiger partial charge is 0.390 e. The zero-order valence-corrected chi connectivity index (χ0v) is 6.35. The Morgan fingerprint density at radius 2 is 1.67 bits per heavy atom. The Morgan fingerprint density at radius 3 is 1.92 bits per heavy atom. The first kappa shape index (κ1) is 11.6. The molecular formula is C6H10F4O2. The summed E-state index contributed by atoms with van der Waals surface area (Å²) in [5.41, 5.74) is 0. The van der Waals surface area contributed by atoms with Gasteiger partial charge in [-0.15, -0.1) is 0 Å². The molecule has 3 atom stereocenters. The summed E-state index contributed by atoms with van der Waals surface area (Å²) >= 11 is 0. The fourth-order valence-electron chi connectivity index (χ4n) is 0.616. The highest BCUT2D eigenvalue weighted by Crippen LogP contribution is 2.25. The number of aliphatic hydroxyl groups excluding tert-OH is 2. The minimum absolute atomic E-state index is 0.172. The van der Waals surface area contributed by atoms with Crippen molar-refractivity contribution in [2.45, 2.75) is 37.9 Å². The maximum atomic E-state index is 12.5. The van der Waals surface area contributed by atoms with E-state index in [0.717, 1.165) is 0 Å². The van der Waals surface area contributed by atoms with Crippen molar-refractivity contribution in [3.63, 3.8) is 0 Å². The summed E-state index contributed by atoms with van der Waals surface area (Å²) in [6.07, 6.45) is -12.7. The summed E-state index contributed by atoms with van der Waals surface area (Å²) < 4.78 is 47.3. The van der Waals surface area contributed by atoms with E-state index in [1.165, 1.54) is 6.92 Å². The third-order valence-electron chi connectivity index (χ3n) is 1.42. The molecular weight excluding hydrogens is 180 g/mol. The molecule has 0 heterocycles. The number of hydrogen-bond donors (Lipinski definition) is 2. The van der Waals surface area contributed by atoms with E-state index in [-0.39, 0.29) is 6.42 Å². The third-order valence-corrected chi connectivity index (χ3v) is 1.42. The maximum absolute atomic E-state index is 12.5. The lowest BCUT2D eigenvalue weighted by molar-refractivity contribution is -0.230. The summed E-state index contributed by atoms with van der Waals surface area (Å²) in [6, 6.07) is 0. The third kappa shape index (κ3) is 2.94. The van der Waals surface area contributed by atoms with E-state index in [1.807, 2.05) is 0 Å². The molecule has 0 radical (unpaired) electrons. The first-order valence-electron chi connectivity index (χ1n) is 3.37. The van der Waals surface area contributed by atoms with Gasteiger partial charge in [-0.05, 0) is 6.42 Å². The fraction of sp³-hybridized carbons (Fsp3) is 1.00. The number of alkyl halides is 4. The summed E-state index contributed by atoms with van der Waals surface area (Å²) in [5, 5.41) is 16.9. The average molecular weight is 190 g/mol. The van der Waals surface area contributed by atoms with Crippen molar-refractivity contribution in [1.29, 1.82) is 0 Å². The van der Waals surface area contributed by atoms with Crippen LogP contribution in [-0.2, 0) is 0 Å².